The monoisotopic (exact) mass is 853 g/mol. The van der Waals surface area contributed by atoms with Crippen LogP contribution >= 0.6 is 0 Å². The summed E-state index contributed by atoms with van der Waals surface area (Å²) in [5.41, 5.74) is 0. The average molecular weight is 853 g/mol. The third kappa shape index (κ3) is 49.6. The van der Waals surface area contributed by atoms with Crippen LogP contribution in [0.15, 0.2) is 48.6 Å². The quantitative estimate of drug-likeness (QED) is 0.0347. The van der Waals surface area contributed by atoms with Gasteiger partial charge in [-0.3, -0.25) is 9.80 Å². The molecule has 0 aliphatic rings. The first kappa shape index (κ1) is 62.4. The smallest absolute Gasteiger partial charge is 0.549 e. The molecule has 0 aliphatic heterocycles. The summed E-state index contributed by atoms with van der Waals surface area (Å²) >= 11 is 0. The number of carboxylic acids is 2. The van der Waals surface area contributed by atoms with Gasteiger partial charge in [-0.2, -0.15) is 0 Å². The number of rotatable bonds is 40. The van der Waals surface area contributed by atoms with Crippen molar-refractivity contribution in [1.29, 1.82) is 0 Å². The van der Waals surface area contributed by atoms with Crippen molar-refractivity contribution in [3.05, 3.63) is 48.6 Å². The van der Waals surface area contributed by atoms with Gasteiger partial charge in [0.05, 0.1) is 11.9 Å². The third-order valence-corrected chi connectivity index (χ3v) is 11.1. The van der Waals surface area contributed by atoms with Crippen molar-refractivity contribution in [2.75, 3.05) is 39.3 Å². The van der Waals surface area contributed by atoms with E-state index in [2.05, 4.69) is 104 Å². The zero-order chi connectivity index (χ0) is 43.5. The van der Waals surface area contributed by atoms with Crippen LogP contribution in [0, 0.1) is 23.7 Å². The SMILES string of the molecule is CCCCCC/C=C/C(C)CCN(CCC(C)/C=C/CCCCCC)CC(=O)[O-].CCCCCC/C=C/C(C)CCN(CCC(C)/C=C/CCCCCC)CC(=O)[O-].[Ca+2]. The number of carbonyl (C=O) groups is 2. The molecule has 0 aromatic heterocycles. The molecule has 0 amide bonds. The summed E-state index contributed by atoms with van der Waals surface area (Å²) in [6, 6.07) is 0. The fraction of sp³-hybridized carbons (Fsp3) is 0.808. The molecule has 0 N–H and O–H groups in total. The number of unbranched alkanes of at least 4 members (excludes halogenated alkanes) is 16. The van der Waals surface area contributed by atoms with Crippen LogP contribution in [0.4, 0.5) is 0 Å². The van der Waals surface area contributed by atoms with Crippen molar-refractivity contribution in [2.24, 2.45) is 23.7 Å². The molecule has 0 spiro atoms. The van der Waals surface area contributed by atoms with Gasteiger partial charge in [0.2, 0.25) is 0 Å². The first-order valence-corrected chi connectivity index (χ1v) is 24.5. The Hall–Kier alpha value is -0.920. The third-order valence-electron chi connectivity index (χ3n) is 11.1. The van der Waals surface area contributed by atoms with E-state index < -0.39 is 11.9 Å². The van der Waals surface area contributed by atoms with Crippen LogP contribution in [0.2, 0.25) is 0 Å². The predicted octanol–water partition coefficient (Wildman–Crippen LogP) is 11.9. The van der Waals surface area contributed by atoms with Gasteiger partial charge >= 0.3 is 37.7 Å². The maximum atomic E-state index is 11.1. The molecule has 0 radical (unpaired) electrons. The van der Waals surface area contributed by atoms with Crippen LogP contribution < -0.4 is 10.2 Å². The molecule has 59 heavy (non-hydrogen) atoms. The van der Waals surface area contributed by atoms with E-state index in [1.165, 1.54) is 103 Å². The van der Waals surface area contributed by atoms with Crippen molar-refractivity contribution < 1.29 is 19.8 Å². The van der Waals surface area contributed by atoms with E-state index in [1.54, 1.807) is 0 Å². The number of allylic oxidation sites excluding steroid dienone is 8. The van der Waals surface area contributed by atoms with Crippen molar-refractivity contribution in [3.63, 3.8) is 0 Å². The summed E-state index contributed by atoms with van der Waals surface area (Å²) in [6.45, 7) is 21.2. The van der Waals surface area contributed by atoms with Gasteiger partial charge in [-0.05, 0) is 127 Å². The molecule has 4 atom stereocenters. The minimum absolute atomic E-state index is 0. The molecule has 7 heteroatoms. The number of hydrogen-bond donors (Lipinski definition) is 0. The largest absolute Gasteiger partial charge is 2.00 e. The second-order valence-electron chi connectivity index (χ2n) is 17.5. The first-order chi connectivity index (χ1) is 28.0. The van der Waals surface area contributed by atoms with Gasteiger partial charge in [0, 0.05) is 13.1 Å². The molecule has 0 fully saturated rings. The van der Waals surface area contributed by atoms with Crippen molar-refractivity contribution in [2.45, 2.75) is 209 Å². The van der Waals surface area contributed by atoms with E-state index in [-0.39, 0.29) is 50.8 Å². The van der Waals surface area contributed by atoms with Gasteiger partial charge in [-0.15, -0.1) is 0 Å². The van der Waals surface area contributed by atoms with E-state index in [9.17, 15) is 19.8 Å². The first-order valence-electron chi connectivity index (χ1n) is 24.5. The molecule has 0 aliphatic carbocycles. The molecule has 340 valence electrons. The Balaban J connectivity index is -0.00000105. The fourth-order valence-electron chi connectivity index (χ4n) is 6.90. The van der Waals surface area contributed by atoms with Crippen LogP contribution in [0.25, 0.3) is 0 Å². The van der Waals surface area contributed by atoms with Crippen molar-refractivity contribution >= 4 is 49.7 Å². The number of aliphatic carboxylic acids is 2. The molecule has 0 saturated heterocycles. The van der Waals surface area contributed by atoms with Crippen molar-refractivity contribution in [1.82, 2.24) is 9.80 Å². The minimum atomic E-state index is -0.969. The Morgan fingerprint density at radius 2 is 0.627 bits per heavy atom. The van der Waals surface area contributed by atoms with E-state index >= 15 is 0 Å². The number of carboxylic acid groups (broad SMARTS) is 2. The van der Waals surface area contributed by atoms with Gasteiger partial charge in [-0.1, -0.05) is 181 Å². The number of hydrogen-bond acceptors (Lipinski definition) is 6. The van der Waals surface area contributed by atoms with Crippen LogP contribution in [-0.4, -0.2) is 98.7 Å². The molecule has 4 unspecified atom stereocenters. The summed E-state index contributed by atoms with van der Waals surface area (Å²) in [7, 11) is 0. The summed E-state index contributed by atoms with van der Waals surface area (Å²) in [4.78, 5) is 26.3. The molecule has 0 bridgehead atoms. The topological polar surface area (TPSA) is 86.7 Å². The number of nitrogens with zero attached hydrogens (tertiary/aromatic N) is 2. The second kappa shape index (κ2) is 48.1. The van der Waals surface area contributed by atoms with Gasteiger partial charge < -0.3 is 19.8 Å². The Morgan fingerprint density at radius 3 is 0.814 bits per heavy atom. The second-order valence-corrected chi connectivity index (χ2v) is 17.5. The van der Waals surface area contributed by atoms with Gasteiger partial charge in [0.1, 0.15) is 0 Å². The summed E-state index contributed by atoms with van der Waals surface area (Å²) in [5.74, 6) is 0.0277. The predicted molar refractivity (Wildman–Crippen MR) is 255 cm³/mol. The summed E-state index contributed by atoms with van der Waals surface area (Å²) in [5, 5.41) is 22.2. The van der Waals surface area contributed by atoms with Gasteiger partial charge in [0.25, 0.3) is 0 Å². The Labute approximate surface area is 397 Å². The van der Waals surface area contributed by atoms with E-state index in [4.69, 9.17) is 0 Å². The maximum absolute atomic E-state index is 11.1. The molecule has 0 aromatic rings. The van der Waals surface area contributed by atoms with E-state index in [1.807, 2.05) is 9.80 Å². The standard InChI is InChI=1S/2C26H49NO2.Ca/c2*1-5-7-9-11-13-15-17-24(3)19-21-27(23-26(28)29)22-20-25(4)18-16-14-12-10-8-6-2;/h2*15-18,24-25H,5-14,19-23H2,1-4H3,(H,28,29);/q;;+2/p-2/b2*17-15+,18-16+;. The average Bonchev–Trinajstić information content (AvgIpc) is 3.19. The molecule has 6 nitrogen and oxygen atoms in total. The van der Waals surface area contributed by atoms with Gasteiger partial charge in [0.15, 0.2) is 0 Å². The van der Waals surface area contributed by atoms with Crippen molar-refractivity contribution in [3.8, 4) is 0 Å². The summed E-state index contributed by atoms with van der Waals surface area (Å²) < 4.78 is 0. The Kier molecular flexibility index (Phi) is 50.9. The van der Waals surface area contributed by atoms with Crippen LogP contribution in [0.5, 0.6) is 0 Å². The zero-order valence-corrected chi connectivity index (χ0v) is 42.6. The molecule has 0 aromatic carbocycles. The Morgan fingerprint density at radius 1 is 0.407 bits per heavy atom. The fourth-order valence-corrected chi connectivity index (χ4v) is 6.90. The van der Waals surface area contributed by atoms with Gasteiger partial charge in [-0.25, -0.2) is 0 Å². The molecule has 0 saturated carbocycles. The van der Waals surface area contributed by atoms with Crippen LogP contribution in [-0.2, 0) is 9.59 Å². The van der Waals surface area contributed by atoms with Crippen LogP contribution in [0.1, 0.15) is 209 Å². The molecule has 0 heterocycles. The van der Waals surface area contributed by atoms with E-state index in [0.29, 0.717) is 23.7 Å². The minimum Gasteiger partial charge on any atom is -0.549 e. The molecular formula is C52H96CaN2O4. The summed E-state index contributed by atoms with van der Waals surface area (Å²) in [6.07, 6.45) is 47.9. The Bertz CT molecular complexity index is 884. The molecule has 0 rings (SSSR count). The zero-order valence-electron chi connectivity index (χ0n) is 40.4. The maximum Gasteiger partial charge on any atom is 2.00 e. The molecular weight excluding hydrogens is 757 g/mol. The van der Waals surface area contributed by atoms with E-state index in [0.717, 1.165) is 77.5 Å². The van der Waals surface area contributed by atoms with Crippen LogP contribution in [0.3, 0.4) is 0 Å². The number of carbonyl (C=O) groups excluding carboxylic acids is 2. The normalized spacial score (nSPS) is 14.0.